The molecule has 1 rings (SSSR count). The van der Waals surface area contributed by atoms with Crippen LogP contribution in [-0.4, -0.2) is 38.9 Å². The molecule has 0 saturated carbocycles. The Bertz CT molecular complexity index is 773. The zero-order chi connectivity index (χ0) is 18.9. The summed E-state index contributed by atoms with van der Waals surface area (Å²) in [5.41, 5.74) is 1.47. The summed E-state index contributed by atoms with van der Waals surface area (Å²) in [6, 6.07) is 9.07. The summed E-state index contributed by atoms with van der Waals surface area (Å²) in [5.74, 6) is -0.283. The number of nitrogens with zero attached hydrogens (tertiary/aromatic N) is 3. The van der Waals surface area contributed by atoms with Gasteiger partial charge in [-0.2, -0.15) is 10.5 Å². The van der Waals surface area contributed by atoms with Gasteiger partial charge in [-0.15, -0.1) is 0 Å². The van der Waals surface area contributed by atoms with Gasteiger partial charge in [-0.3, -0.25) is 4.79 Å². The second kappa shape index (κ2) is 9.77. The lowest BCUT2D eigenvalue weighted by molar-refractivity contribution is -0.130. The Balaban J connectivity index is 2.67. The maximum Gasteiger partial charge on any atom is 0.240 e. The highest BCUT2D eigenvalue weighted by atomic mass is 32.2. The maximum absolute atomic E-state index is 12.4. The third-order valence-corrected chi connectivity index (χ3v) is 5.21. The first-order valence-corrected chi connectivity index (χ1v) is 9.38. The fraction of sp³-hybridized carbons (Fsp3) is 0.471. The minimum atomic E-state index is -3.69. The molecule has 0 unspecified atom stereocenters. The van der Waals surface area contributed by atoms with Crippen LogP contribution in [0.3, 0.4) is 0 Å². The van der Waals surface area contributed by atoms with Crippen molar-refractivity contribution in [3.63, 3.8) is 0 Å². The third kappa shape index (κ3) is 6.54. The van der Waals surface area contributed by atoms with Gasteiger partial charge in [0.25, 0.3) is 0 Å². The summed E-state index contributed by atoms with van der Waals surface area (Å²) in [4.78, 5) is 13.8. The first-order chi connectivity index (χ1) is 11.8. The first-order valence-electron chi connectivity index (χ1n) is 7.90. The Kier molecular flexibility index (Phi) is 8.06. The lowest BCUT2D eigenvalue weighted by Crippen LogP contribution is -2.36. The van der Waals surface area contributed by atoms with Crippen LogP contribution >= 0.6 is 0 Å². The molecule has 0 bridgehead atoms. The maximum atomic E-state index is 12.4. The van der Waals surface area contributed by atoms with E-state index in [0.717, 1.165) is 5.56 Å². The Labute approximate surface area is 148 Å². The van der Waals surface area contributed by atoms with E-state index in [2.05, 4.69) is 4.72 Å². The van der Waals surface area contributed by atoms with E-state index < -0.39 is 10.0 Å². The molecular formula is C17H22N4O3S. The molecule has 25 heavy (non-hydrogen) atoms. The summed E-state index contributed by atoms with van der Waals surface area (Å²) in [6.07, 6.45) is 0.317. The predicted molar refractivity (Wildman–Crippen MR) is 92.8 cm³/mol. The molecule has 0 saturated heterocycles. The van der Waals surface area contributed by atoms with E-state index in [1.165, 1.54) is 4.90 Å². The van der Waals surface area contributed by atoms with Crippen LogP contribution in [0, 0.1) is 36.5 Å². The largest absolute Gasteiger partial charge is 0.341 e. The zero-order valence-electron chi connectivity index (χ0n) is 14.4. The number of amides is 1. The molecule has 0 heterocycles. The number of carbonyl (C=O) groups is 1. The highest BCUT2D eigenvalue weighted by Gasteiger charge is 2.18. The van der Waals surface area contributed by atoms with E-state index >= 15 is 0 Å². The Hall–Kier alpha value is -2.42. The molecule has 0 aliphatic rings. The van der Waals surface area contributed by atoms with Crippen LogP contribution in [0.4, 0.5) is 0 Å². The average Bonchev–Trinajstić information content (AvgIpc) is 2.56. The lowest BCUT2D eigenvalue weighted by Gasteiger charge is -2.20. The number of aryl methyl sites for hydroxylation is 2. The van der Waals surface area contributed by atoms with Crippen LogP contribution < -0.4 is 4.72 Å². The van der Waals surface area contributed by atoms with Gasteiger partial charge in [0, 0.05) is 26.1 Å². The van der Waals surface area contributed by atoms with Crippen LogP contribution in [-0.2, 0) is 14.8 Å². The van der Waals surface area contributed by atoms with Gasteiger partial charge < -0.3 is 4.90 Å². The van der Waals surface area contributed by atoms with Crippen molar-refractivity contribution >= 4 is 15.9 Å². The molecule has 0 spiro atoms. The number of hydrogen-bond donors (Lipinski definition) is 1. The monoisotopic (exact) mass is 362 g/mol. The number of rotatable bonds is 9. The van der Waals surface area contributed by atoms with E-state index in [0.29, 0.717) is 5.56 Å². The molecule has 8 heteroatoms. The van der Waals surface area contributed by atoms with Gasteiger partial charge in [-0.25, -0.2) is 13.1 Å². The molecule has 1 aromatic rings. The topological polar surface area (TPSA) is 114 Å². The highest BCUT2D eigenvalue weighted by Crippen LogP contribution is 2.16. The van der Waals surface area contributed by atoms with Gasteiger partial charge in [-0.05, 0) is 31.0 Å². The molecule has 0 aliphatic heterocycles. The Morgan fingerprint density at radius 3 is 2.32 bits per heavy atom. The average molecular weight is 362 g/mol. The van der Waals surface area contributed by atoms with Crippen LogP contribution in [0.2, 0.25) is 0 Å². The fourth-order valence-electron chi connectivity index (χ4n) is 2.26. The van der Waals surface area contributed by atoms with Crippen LogP contribution in [0.25, 0.3) is 0 Å². The number of benzene rings is 1. The zero-order valence-corrected chi connectivity index (χ0v) is 15.3. The van der Waals surface area contributed by atoms with E-state index in [4.69, 9.17) is 10.5 Å². The molecule has 0 aliphatic carbocycles. The van der Waals surface area contributed by atoms with Gasteiger partial charge in [0.15, 0.2) is 0 Å². The predicted octanol–water partition coefficient (Wildman–Crippen LogP) is 1.63. The second-order valence-electron chi connectivity index (χ2n) is 5.61. The molecule has 0 fully saturated rings. The molecule has 0 aromatic heterocycles. The second-order valence-corrected chi connectivity index (χ2v) is 7.35. The summed E-state index contributed by atoms with van der Waals surface area (Å²) >= 11 is 0. The first kappa shape index (κ1) is 20.6. The van der Waals surface area contributed by atoms with E-state index in [9.17, 15) is 13.2 Å². The summed E-state index contributed by atoms with van der Waals surface area (Å²) in [7, 11) is -3.69. The van der Waals surface area contributed by atoms with E-state index in [-0.39, 0.29) is 49.7 Å². The van der Waals surface area contributed by atoms with Gasteiger partial charge >= 0.3 is 0 Å². The van der Waals surface area contributed by atoms with Gasteiger partial charge in [0.1, 0.15) is 0 Å². The molecular weight excluding hydrogens is 340 g/mol. The SMILES string of the molecule is Cc1ccc(C)c(S(=O)(=O)NCCC(=O)N(CCC#N)CCC#N)c1. The quantitative estimate of drug-likeness (QED) is 0.717. The lowest BCUT2D eigenvalue weighted by atomic mass is 10.2. The van der Waals surface area contributed by atoms with Crippen molar-refractivity contribution in [1.29, 1.82) is 10.5 Å². The third-order valence-electron chi connectivity index (χ3n) is 3.60. The van der Waals surface area contributed by atoms with Crippen LogP contribution in [0.15, 0.2) is 23.1 Å². The van der Waals surface area contributed by atoms with Crippen molar-refractivity contribution in [2.75, 3.05) is 19.6 Å². The standard InChI is InChI=1S/C17H22N4O3S/c1-14-5-6-15(2)16(13-14)25(23,24)20-10-7-17(22)21(11-3-8-18)12-4-9-19/h5-6,13,20H,3-4,7,10-12H2,1-2H3. The molecule has 0 radical (unpaired) electrons. The molecule has 0 atom stereocenters. The van der Waals surface area contributed by atoms with Crippen molar-refractivity contribution in [2.45, 2.75) is 38.0 Å². The Morgan fingerprint density at radius 1 is 1.16 bits per heavy atom. The number of nitriles is 2. The Morgan fingerprint density at radius 2 is 1.76 bits per heavy atom. The van der Waals surface area contributed by atoms with Crippen LogP contribution in [0.1, 0.15) is 30.4 Å². The number of sulfonamides is 1. The molecule has 1 N–H and O–H groups in total. The normalized spacial score (nSPS) is 10.7. The summed E-state index contributed by atoms with van der Waals surface area (Å²) in [6.45, 7) is 3.96. The van der Waals surface area contributed by atoms with Crippen molar-refractivity contribution in [1.82, 2.24) is 9.62 Å². The minimum absolute atomic E-state index is 0.0268. The van der Waals surface area contributed by atoms with E-state index in [1.54, 1.807) is 19.1 Å². The van der Waals surface area contributed by atoms with Crippen LogP contribution in [0.5, 0.6) is 0 Å². The van der Waals surface area contributed by atoms with Crippen molar-refractivity contribution in [2.24, 2.45) is 0 Å². The highest BCUT2D eigenvalue weighted by molar-refractivity contribution is 7.89. The van der Waals surface area contributed by atoms with Gasteiger partial charge in [0.05, 0.1) is 29.9 Å². The van der Waals surface area contributed by atoms with Crippen molar-refractivity contribution < 1.29 is 13.2 Å². The number of hydrogen-bond acceptors (Lipinski definition) is 5. The molecule has 134 valence electrons. The van der Waals surface area contributed by atoms with E-state index in [1.807, 2.05) is 25.1 Å². The van der Waals surface area contributed by atoms with Gasteiger partial charge in [-0.1, -0.05) is 12.1 Å². The van der Waals surface area contributed by atoms with Crippen molar-refractivity contribution in [3.8, 4) is 12.1 Å². The molecule has 1 amide bonds. The molecule has 1 aromatic carbocycles. The minimum Gasteiger partial charge on any atom is -0.341 e. The fourth-order valence-corrected chi connectivity index (χ4v) is 3.62. The molecule has 7 nitrogen and oxygen atoms in total. The summed E-state index contributed by atoms with van der Waals surface area (Å²) in [5, 5.41) is 17.3. The summed E-state index contributed by atoms with van der Waals surface area (Å²) < 4.78 is 27.2. The smallest absolute Gasteiger partial charge is 0.240 e. The number of carbonyl (C=O) groups excluding carboxylic acids is 1. The van der Waals surface area contributed by atoms with Crippen molar-refractivity contribution in [3.05, 3.63) is 29.3 Å². The number of nitrogens with one attached hydrogen (secondary N) is 1. The van der Waals surface area contributed by atoms with Gasteiger partial charge in [0.2, 0.25) is 15.9 Å².